The summed E-state index contributed by atoms with van der Waals surface area (Å²) in [5.74, 6) is -0.309. The Morgan fingerprint density at radius 2 is 1.76 bits per heavy atom. The largest absolute Gasteiger partial charge is 0.310 e. The van der Waals surface area contributed by atoms with E-state index in [2.05, 4.69) is 31.3 Å². The Hall–Kier alpha value is -1.38. The number of rotatable bonds is 6. The van der Waals surface area contributed by atoms with Crippen molar-refractivity contribution in [2.45, 2.75) is 32.7 Å². The molecule has 1 nitrogen and oxygen atoms in total. The lowest BCUT2D eigenvalue weighted by atomic mass is 9.93. The molecule has 1 N–H and O–H groups in total. The van der Waals surface area contributed by atoms with E-state index >= 15 is 0 Å². The van der Waals surface area contributed by atoms with Crippen molar-refractivity contribution in [2.24, 2.45) is 0 Å². The minimum Gasteiger partial charge on any atom is -0.310 e. The number of nitrogens with one attached hydrogen (secondary N) is 1. The molecule has 0 aliphatic heterocycles. The van der Waals surface area contributed by atoms with Crippen LogP contribution in [-0.4, -0.2) is 6.54 Å². The van der Waals surface area contributed by atoms with Gasteiger partial charge in [-0.15, -0.1) is 0 Å². The number of hydrogen-bond acceptors (Lipinski definition) is 1. The minimum absolute atomic E-state index is 0.0964. The third kappa shape index (κ3) is 3.84. The van der Waals surface area contributed by atoms with Gasteiger partial charge in [-0.3, -0.25) is 0 Å². The molecule has 0 saturated heterocycles. The van der Waals surface area contributed by atoms with Gasteiger partial charge in [0.25, 0.3) is 0 Å². The molecular formula is C18H21ClFN. The zero-order valence-electron chi connectivity index (χ0n) is 12.5. The Morgan fingerprint density at radius 1 is 1.05 bits per heavy atom. The van der Waals surface area contributed by atoms with E-state index in [1.165, 1.54) is 11.1 Å². The Balaban J connectivity index is 2.33. The van der Waals surface area contributed by atoms with Crippen LogP contribution in [0.15, 0.2) is 42.5 Å². The highest BCUT2D eigenvalue weighted by molar-refractivity contribution is 6.30. The van der Waals surface area contributed by atoms with Crippen LogP contribution in [0.25, 0.3) is 0 Å². The van der Waals surface area contributed by atoms with Gasteiger partial charge >= 0.3 is 0 Å². The first-order valence-electron chi connectivity index (χ1n) is 7.41. The van der Waals surface area contributed by atoms with Crippen molar-refractivity contribution in [3.63, 3.8) is 0 Å². The van der Waals surface area contributed by atoms with Gasteiger partial charge in [0, 0.05) is 6.04 Å². The van der Waals surface area contributed by atoms with Crippen LogP contribution in [0.5, 0.6) is 0 Å². The third-order valence-corrected chi connectivity index (χ3v) is 4.01. The van der Waals surface area contributed by atoms with E-state index in [9.17, 15) is 4.39 Å². The Kier molecular flexibility index (Phi) is 5.77. The van der Waals surface area contributed by atoms with Crippen LogP contribution < -0.4 is 5.32 Å². The van der Waals surface area contributed by atoms with Crippen LogP contribution in [0.2, 0.25) is 5.02 Å². The van der Waals surface area contributed by atoms with Gasteiger partial charge < -0.3 is 5.32 Å². The highest BCUT2D eigenvalue weighted by atomic mass is 35.5. The summed E-state index contributed by atoms with van der Waals surface area (Å²) in [6.07, 6.45) is 1.56. The fraction of sp³-hybridized carbons (Fsp3) is 0.333. The smallest absolute Gasteiger partial charge is 0.145 e. The van der Waals surface area contributed by atoms with E-state index in [-0.39, 0.29) is 16.9 Å². The molecule has 0 saturated carbocycles. The summed E-state index contributed by atoms with van der Waals surface area (Å²) < 4.78 is 14.1. The standard InChI is InChI=1S/C18H21ClFN/c1-3-13-8-5-6-10-15(13)17(21-4-2)12-14-9-7-11-16(19)18(14)20/h5-11,17,21H,3-4,12H2,1-2H3. The SMILES string of the molecule is CCNC(Cc1cccc(Cl)c1F)c1ccccc1CC. The van der Waals surface area contributed by atoms with Gasteiger partial charge in [-0.25, -0.2) is 4.39 Å². The quantitative estimate of drug-likeness (QED) is 0.797. The highest BCUT2D eigenvalue weighted by Gasteiger charge is 2.17. The van der Waals surface area contributed by atoms with Crippen molar-refractivity contribution < 1.29 is 4.39 Å². The monoisotopic (exact) mass is 305 g/mol. The van der Waals surface area contributed by atoms with E-state index in [1.807, 2.05) is 12.1 Å². The lowest BCUT2D eigenvalue weighted by Gasteiger charge is -2.21. The molecule has 0 aliphatic rings. The predicted molar refractivity (Wildman–Crippen MR) is 87.4 cm³/mol. The fourth-order valence-electron chi connectivity index (χ4n) is 2.66. The Morgan fingerprint density at radius 3 is 2.48 bits per heavy atom. The average molecular weight is 306 g/mol. The molecule has 0 spiro atoms. The molecular weight excluding hydrogens is 285 g/mol. The van der Waals surface area contributed by atoms with Crippen LogP contribution in [0.3, 0.4) is 0 Å². The first-order valence-corrected chi connectivity index (χ1v) is 7.79. The summed E-state index contributed by atoms with van der Waals surface area (Å²) >= 11 is 5.88. The second-order valence-corrected chi connectivity index (χ2v) is 5.49. The number of likely N-dealkylation sites (N-methyl/N-ethyl adjacent to an activating group) is 1. The molecule has 0 radical (unpaired) electrons. The molecule has 0 amide bonds. The maximum atomic E-state index is 14.1. The van der Waals surface area contributed by atoms with Gasteiger partial charge in [0.15, 0.2) is 0 Å². The van der Waals surface area contributed by atoms with Gasteiger partial charge in [0.2, 0.25) is 0 Å². The number of halogens is 2. The van der Waals surface area contributed by atoms with Crippen molar-refractivity contribution in [3.8, 4) is 0 Å². The minimum atomic E-state index is -0.309. The van der Waals surface area contributed by atoms with Crippen molar-refractivity contribution in [2.75, 3.05) is 6.54 Å². The van der Waals surface area contributed by atoms with E-state index in [0.717, 1.165) is 13.0 Å². The van der Waals surface area contributed by atoms with Gasteiger partial charge in [-0.1, -0.05) is 61.8 Å². The highest BCUT2D eigenvalue weighted by Crippen LogP contribution is 2.26. The molecule has 112 valence electrons. The third-order valence-electron chi connectivity index (χ3n) is 3.72. The van der Waals surface area contributed by atoms with Crippen molar-refractivity contribution in [3.05, 3.63) is 70.0 Å². The summed E-state index contributed by atoms with van der Waals surface area (Å²) in [7, 11) is 0. The second-order valence-electron chi connectivity index (χ2n) is 5.08. The van der Waals surface area contributed by atoms with Crippen LogP contribution in [0.4, 0.5) is 4.39 Å². The normalized spacial score (nSPS) is 12.4. The zero-order chi connectivity index (χ0) is 15.2. The number of benzene rings is 2. The molecule has 0 aliphatic carbocycles. The van der Waals surface area contributed by atoms with Crippen molar-refractivity contribution in [1.29, 1.82) is 0 Å². The predicted octanol–water partition coefficient (Wildman–Crippen LogP) is 4.93. The lowest BCUT2D eigenvalue weighted by molar-refractivity contribution is 0.525. The number of hydrogen-bond donors (Lipinski definition) is 1. The molecule has 1 unspecified atom stereocenters. The Labute approximate surface area is 131 Å². The van der Waals surface area contributed by atoms with Gasteiger partial charge in [-0.05, 0) is 42.1 Å². The zero-order valence-corrected chi connectivity index (χ0v) is 13.3. The first-order chi connectivity index (χ1) is 10.2. The molecule has 0 heterocycles. The van der Waals surface area contributed by atoms with E-state index in [1.54, 1.807) is 18.2 Å². The van der Waals surface area contributed by atoms with Gasteiger partial charge in [0.05, 0.1) is 5.02 Å². The topological polar surface area (TPSA) is 12.0 Å². The Bertz CT molecular complexity index is 598. The van der Waals surface area contributed by atoms with E-state index in [0.29, 0.717) is 12.0 Å². The van der Waals surface area contributed by atoms with E-state index < -0.39 is 0 Å². The second kappa shape index (κ2) is 7.58. The maximum absolute atomic E-state index is 14.1. The summed E-state index contributed by atoms with van der Waals surface area (Å²) in [6, 6.07) is 13.6. The average Bonchev–Trinajstić information content (AvgIpc) is 2.51. The molecule has 3 heteroatoms. The van der Waals surface area contributed by atoms with Crippen molar-refractivity contribution in [1.82, 2.24) is 5.32 Å². The lowest BCUT2D eigenvalue weighted by Crippen LogP contribution is -2.24. The first kappa shape index (κ1) is 16.0. The molecule has 2 rings (SSSR count). The van der Waals surface area contributed by atoms with E-state index in [4.69, 9.17) is 11.6 Å². The summed E-state index contributed by atoms with van der Waals surface area (Å²) in [5, 5.41) is 3.65. The summed E-state index contributed by atoms with van der Waals surface area (Å²) in [5.41, 5.74) is 3.19. The maximum Gasteiger partial charge on any atom is 0.145 e. The molecule has 21 heavy (non-hydrogen) atoms. The van der Waals surface area contributed by atoms with Crippen molar-refractivity contribution >= 4 is 11.6 Å². The molecule has 2 aromatic rings. The van der Waals surface area contributed by atoms with Gasteiger partial charge in [-0.2, -0.15) is 0 Å². The molecule has 0 aromatic heterocycles. The molecule has 0 bridgehead atoms. The molecule has 2 aromatic carbocycles. The molecule has 1 atom stereocenters. The van der Waals surface area contributed by atoms with Crippen LogP contribution in [0, 0.1) is 5.82 Å². The summed E-state index contributed by atoms with van der Waals surface area (Å²) in [4.78, 5) is 0. The van der Waals surface area contributed by atoms with Crippen LogP contribution in [-0.2, 0) is 12.8 Å². The van der Waals surface area contributed by atoms with Crippen LogP contribution >= 0.6 is 11.6 Å². The molecule has 0 fully saturated rings. The van der Waals surface area contributed by atoms with Gasteiger partial charge in [0.1, 0.15) is 5.82 Å². The van der Waals surface area contributed by atoms with Crippen LogP contribution in [0.1, 0.15) is 36.6 Å². The number of aryl methyl sites for hydroxylation is 1. The summed E-state index contributed by atoms with van der Waals surface area (Å²) in [6.45, 7) is 5.04. The fourth-order valence-corrected chi connectivity index (χ4v) is 2.85.